The van der Waals surface area contributed by atoms with Gasteiger partial charge in [-0.15, -0.1) is 0 Å². The lowest BCUT2D eigenvalue weighted by Crippen LogP contribution is -2.07. The molecule has 0 saturated heterocycles. The summed E-state index contributed by atoms with van der Waals surface area (Å²) < 4.78 is 7.65. The van der Waals surface area contributed by atoms with Crippen molar-refractivity contribution in [1.29, 1.82) is 0 Å². The lowest BCUT2D eigenvalue weighted by Gasteiger charge is -2.13. The molecule has 3 nitrogen and oxygen atoms in total. The van der Waals surface area contributed by atoms with Crippen molar-refractivity contribution in [1.82, 2.24) is 9.55 Å². The SMILES string of the molecule is C=C/C(=C\C=C(C)C)c1ncc(C)n1Cc1ccccc1OC. The fraction of sp³-hybridized carbons (Fsp3) is 0.250. The van der Waals surface area contributed by atoms with Crippen LogP contribution in [0, 0.1) is 6.92 Å². The van der Waals surface area contributed by atoms with Crippen molar-refractivity contribution in [3.05, 3.63) is 77.9 Å². The highest BCUT2D eigenvalue weighted by molar-refractivity contribution is 5.71. The molecule has 0 N–H and O–H groups in total. The number of allylic oxidation sites excluding steroid dienone is 5. The van der Waals surface area contributed by atoms with Crippen LogP contribution in [-0.4, -0.2) is 16.7 Å². The molecule has 120 valence electrons. The molecule has 0 radical (unpaired) electrons. The van der Waals surface area contributed by atoms with Gasteiger partial charge in [-0.05, 0) is 26.8 Å². The molecule has 1 aromatic carbocycles. The zero-order chi connectivity index (χ0) is 16.8. The van der Waals surface area contributed by atoms with Gasteiger partial charge >= 0.3 is 0 Å². The highest BCUT2D eigenvalue weighted by atomic mass is 16.5. The van der Waals surface area contributed by atoms with Crippen molar-refractivity contribution >= 4 is 5.57 Å². The fourth-order valence-corrected chi connectivity index (χ4v) is 2.39. The molecule has 2 rings (SSSR count). The summed E-state index contributed by atoms with van der Waals surface area (Å²) in [6.45, 7) is 10.9. The number of aromatic nitrogens is 2. The summed E-state index contributed by atoms with van der Waals surface area (Å²) >= 11 is 0. The van der Waals surface area contributed by atoms with Crippen molar-refractivity contribution < 1.29 is 4.74 Å². The fourth-order valence-electron chi connectivity index (χ4n) is 2.39. The van der Waals surface area contributed by atoms with Crippen LogP contribution in [-0.2, 0) is 6.54 Å². The van der Waals surface area contributed by atoms with Crippen molar-refractivity contribution in [3.63, 3.8) is 0 Å². The molecule has 0 amide bonds. The van der Waals surface area contributed by atoms with E-state index < -0.39 is 0 Å². The first kappa shape index (κ1) is 16.8. The predicted octanol–water partition coefficient (Wildman–Crippen LogP) is 4.78. The number of hydrogen-bond acceptors (Lipinski definition) is 2. The first-order chi connectivity index (χ1) is 11.1. The van der Waals surface area contributed by atoms with E-state index >= 15 is 0 Å². The molecule has 1 heterocycles. The van der Waals surface area contributed by atoms with Gasteiger partial charge in [-0.2, -0.15) is 0 Å². The Labute approximate surface area is 138 Å². The van der Waals surface area contributed by atoms with E-state index in [0.717, 1.165) is 28.4 Å². The van der Waals surface area contributed by atoms with E-state index in [1.807, 2.05) is 30.5 Å². The van der Waals surface area contributed by atoms with Gasteiger partial charge in [0.15, 0.2) is 0 Å². The molecule has 23 heavy (non-hydrogen) atoms. The van der Waals surface area contributed by atoms with Gasteiger partial charge in [0.25, 0.3) is 0 Å². The number of methoxy groups -OCH3 is 1. The highest BCUT2D eigenvalue weighted by Crippen LogP contribution is 2.23. The topological polar surface area (TPSA) is 27.1 Å². The Morgan fingerprint density at radius 2 is 2.00 bits per heavy atom. The summed E-state index contributed by atoms with van der Waals surface area (Å²) in [6.07, 6.45) is 7.88. The smallest absolute Gasteiger partial charge is 0.140 e. The third-order valence-corrected chi connectivity index (χ3v) is 3.65. The maximum Gasteiger partial charge on any atom is 0.140 e. The summed E-state index contributed by atoms with van der Waals surface area (Å²) in [5.74, 6) is 1.81. The van der Waals surface area contributed by atoms with Crippen LogP contribution in [0.3, 0.4) is 0 Å². The molecule has 0 atom stereocenters. The minimum Gasteiger partial charge on any atom is -0.496 e. The molecule has 0 unspecified atom stereocenters. The summed E-state index contributed by atoms with van der Waals surface area (Å²) in [6, 6.07) is 8.06. The van der Waals surface area contributed by atoms with E-state index in [0.29, 0.717) is 6.54 Å². The van der Waals surface area contributed by atoms with Gasteiger partial charge in [-0.25, -0.2) is 4.98 Å². The number of ether oxygens (including phenoxy) is 1. The van der Waals surface area contributed by atoms with Crippen LogP contribution in [0.1, 0.15) is 30.9 Å². The molecule has 0 saturated carbocycles. The average molecular weight is 308 g/mol. The largest absolute Gasteiger partial charge is 0.496 e. The highest BCUT2D eigenvalue weighted by Gasteiger charge is 2.12. The van der Waals surface area contributed by atoms with Gasteiger partial charge in [0.1, 0.15) is 11.6 Å². The van der Waals surface area contributed by atoms with Gasteiger partial charge in [0.05, 0.1) is 13.7 Å². The van der Waals surface area contributed by atoms with Crippen LogP contribution >= 0.6 is 0 Å². The monoisotopic (exact) mass is 308 g/mol. The van der Waals surface area contributed by atoms with Crippen LogP contribution in [0.15, 0.2) is 60.8 Å². The van der Waals surface area contributed by atoms with Crippen LogP contribution < -0.4 is 4.74 Å². The van der Waals surface area contributed by atoms with Crippen LogP contribution in [0.5, 0.6) is 5.75 Å². The molecule has 1 aromatic heterocycles. The molecule has 0 fully saturated rings. The summed E-state index contributed by atoms with van der Waals surface area (Å²) in [4.78, 5) is 4.57. The molecule has 0 aliphatic rings. The number of hydrogen-bond donors (Lipinski definition) is 0. The number of benzene rings is 1. The third-order valence-electron chi connectivity index (χ3n) is 3.65. The first-order valence-electron chi connectivity index (χ1n) is 7.68. The van der Waals surface area contributed by atoms with Crippen LogP contribution in [0.2, 0.25) is 0 Å². The number of nitrogens with zero attached hydrogens (tertiary/aromatic N) is 2. The lowest BCUT2D eigenvalue weighted by molar-refractivity contribution is 0.408. The molecule has 0 aliphatic heterocycles. The Balaban J connectivity index is 2.44. The standard InChI is InChI=1S/C20H24N2O/c1-6-17(12-11-15(2)3)20-21-13-16(4)22(20)14-18-9-7-8-10-19(18)23-5/h6-13H,1,14H2,2-5H3/b17-12+. The molecule has 0 spiro atoms. The second-order valence-corrected chi connectivity index (χ2v) is 5.69. The van der Waals surface area contributed by atoms with Gasteiger partial charge in [0, 0.05) is 23.0 Å². The Morgan fingerprint density at radius 1 is 1.26 bits per heavy atom. The number of rotatable bonds is 6. The summed E-state index contributed by atoms with van der Waals surface area (Å²) in [5.41, 5.74) is 4.48. The van der Waals surface area contributed by atoms with Crippen molar-refractivity contribution in [2.45, 2.75) is 27.3 Å². The van der Waals surface area contributed by atoms with E-state index in [4.69, 9.17) is 4.74 Å². The van der Waals surface area contributed by atoms with Gasteiger partial charge in [-0.1, -0.05) is 48.6 Å². The Hall–Kier alpha value is -2.55. The second kappa shape index (κ2) is 7.63. The van der Waals surface area contributed by atoms with E-state index in [9.17, 15) is 0 Å². The van der Waals surface area contributed by atoms with Crippen molar-refractivity contribution in [2.24, 2.45) is 0 Å². The average Bonchev–Trinajstić information content (AvgIpc) is 2.90. The van der Waals surface area contributed by atoms with E-state index in [-0.39, 0.29) is 0 Å². The Kier molecular flexibility index (Phi) is 5.58. The van der Waals surface area contributed by atoms with Gasteiger partial charge < -0.3 is 9.30 Å². The summed E-state index contributed by atoms with van der Waals surface area (Å²) in [5, 5.41) is 0. The molecule has 2 aromatic rings. The third kappa shape index (κ3) is 4.01. The lowest BCUT2D eigenvalue weighted by atomic mass is 10.1. The minimum absolute atomic E-state index is 0.713. The first-order valence-corrected chi connectivity index (χ1v) is 7.68. The van der Waals surface area contributed by atoms with Crippen molar-refractivity contribution in [3.8, 4) is 5.75 Å². The normalized spacial score (nSPS) is 11.2. The second-order valence-electron chi connectivity index (χ2n) is 5.69. The maximum absolute atomic E-state index is 5.46. The van der Waals surface area contributed by atoms with E-state index in [2.05, 4.69) is 55.1 Å². The Morgan fingerprint density at radius 3 is 2.65 bits per heavy atom. The van der Waals surface area contributed by atoms with E-state index in [1.165, 1.54) is 5.57 Å². The Bertz CT molecular complexity index is 747. The number of para-hydroxylation sites is 1. The number of imidazole rings is 1. The van der Waals surface area contributed by atoms with E-state index in [1.54, 1.807) is 7.11 Å². The molecular formula is C20H24N2O. The zero-order valence-electron chi connectivity index (χ0n) is 14.3. The molecule has 3 heteroatoms. The molecule has 0 bridgehead atoms. The van der Waals surface area contributed by atoms with Gasteiger partial charge in [0.2, 0.25) is 0 Å². The van der Waals surface area contributed by atoms with Crippen LogP contribution in [0.25, 0.3) is 5.57 Å². The minimum atomic E-state index is 0.713. The summed E-state index contributed by atoms with van der Waals surface area (Å²) in [7, 11) is 1.70. The molecule has 0 aliphatic carbocycles. The molecular weight excluding hydrogens is 284 g/mol. The predicted molar refractivity (Wildman–Crippen MR) is 96.7 cm³/mol. The van der Waals surface area contributed by atoms with Crippen molar-refractivity contribution in [2.75, 3.05) is 7.11 Å². The maximum atomic E-state index is 5.46. The number of aryl methyl sites for hydroxylation is 1. The van der Waals surface area contributed by atoms with Crippen LogP contribution in [0.4, 0.5) is 0 Å². The quantitative estimate of drug-likeness (QED) is 0.718. The zero-order valence-corrected chi connectivity index (χ0v) is 14.3. The van der Waals surface area contributed by atoms with Gasteiger partial charge in [-0.3, -0.25) is 0 Å².